The third-order valence-corrected chi connectivity index (χ3v) is 4.49. The first kappa shape index (κ1) is 12.6. The van der Waals surface area contributed by atoms with Gasteiger partial charge in [-0.3, -0.25) is 0 Å². The van der Waals surface area contributed by atoms with Crippen molar-refractivity contribution in [3.05, 3.63) is 24.2 Å². The molecule has 96 valence electrons. The van der Waals surface area contributed by atoms with Crippen LogP contribution in [0.1, 0.15) is 25.5 Å². The Kier molecular flexibility index (Phi) is 3.86. The molecule has 0 radical (unpaired) electrons. The zero-order valence-electron chi connectivity index (χ0n) is 9.93. The molecule has 5 nitrogen and oxygen atoms in total. The first-order valence-electron chi connectivity index (χ1n) is 5.85. The molecular formula is C11H18N2O3S. The van der Waals surface area contributed by atoms with E-state index in [2.05, 4.69) is 11.6 Å². The maximum atomic E-state index is 12.0. The molecule has 1 aliphatic rings. The standard InChI is InChI=1S/C11H18N2O3S/c1-10-4-2-6-13(9-10)17(14,15)12-8-11-5-3-7-16-11/h3,5,7,10,12H,2,4,6,8-9H2,1H3/t10-/m1/s1. The van der Waals surface area contributed by atoms with Crippen molar-refractivity contribution in [2.45, 2.75) is 26.3 Å². The van der Waals surface area contributed by atoms with Crippen molar-refractivity contribution >= 4 is 10.2 Å². The Balaban J connectivity index is 1.94. The van der Waals surface area contributed by atoms with Crippen LogP contribution in [0.5, 0.6) is 0 Å². The van der Waals surface area contributed by atoms with Crippen LogP contribution in [0, 0.1) is 5.92 Å². The fourth-order valence-corrected chi connectivity index (χ4v) is 3.36. The predicted molar refractivity (Wildman–Crippen MR) is 64.4 cm³/mol. The highest BCUT2D eigenvalue weighted by Crippen LogP contribution is 2.17. The number of nitrogens with one attached hydrogen (secondary N) is 1. The van der Waals surface area contributed by atoms with E-state index >= 15 is 0 Å². The normalized spacial score (nSPS) is 22.8. The minimum absolute atomic E-state index is 0.209. The summed E-state index contributed by atoms with van der Waals surface area (Å²) >= 11 is 0. The van der Waals surface area contributed by atoms with Gasteiger partial charge in [0.15, 0.2) is 0 Å². The Labute approximate surface area is 102 Å². The summed E-state index contributed by atoms with van der Waals surface area (Å²) in [7, 11) is -3.37. The van der Waals surface area contributed by atoms with Crippen molar-refractivity contribution in [1.29, 1.82) is 0 Å². The molecule has 0 unspecified atom stereocenters. The molecule has 0 bridgehead atoms. The highest BCUT2D eigenvalue weighted by atomic mass is 32.2. The molecule has 1 N–H and O–H groups in total. The number of furan rings is 1. The van der Waals surface area contributed by atoms with Crippen LogP contribution in [0.25, 0.3) is 0 Å². The zero-order valence-corrected chi connectivity index (χ0v) is 10.7. The summed E-state index contributed by atoms with van der Waals surface area (Å²) in [5.74, 6) is 1.06. The van der Waals surface area contributed by atoms with E-state index in [4.69, 9.17) is 4.42 Å². The van der Waals surface area contributed by atoms with Gasteiger partial charge < -0.3 is 4.42 Å². The van der Waals surface area contributed by atoms with Crippen molar-refractivity contribution in [3.63, 3.8) is 0 Å². The van der Waals surface area contributed by atoms with Crippen LogP contribution in [0.3, 0.4) is 0 Å². The zero-order chi connectivity index (χ0) is 12.3. The molecule has 2 heterocycles. The highest BCUT2D eigenvalue weighted by Gasteiger charge is 2.26. The second-order valence-electron chi connectivity index (χ2n) is 4.51. The van der Waals surface area contributed by atoms with Gasteiger partial charge in [0.05, 0.1) is 12.8 Å². The van der Waals surface area contributed by atoms with Gasteiger partial charge in [-0.25, -0.2) is 0 Å². The van der Waals surface area contributed by atoms with Gasteiger partial charge in [0.1, 0.15) is 5.76 Å². The number of piperidine rings is 1. The largest absolute Gasteiger partial charge is 0.468 e. The molecule has 2 rings (SSSR count). The first-order valence-corrected chi connectivity index (χ1v) is 7.29. The van der Waals surface area contributed by atoms with Crippen LogP contribution in [0.15, 0.2) is 22.8 Å². The number of rotatable bonds is 4. The van der Waals surface area contributed by atoms with Gasteiger partial charge in [-0.1, -0.05) is 6.92 Å². The van der Waals surface area contributed by atoms with Crippen molar-refractivity contribution in [1.82, 2.24) is 9.03 Å². The summed E-state index contributed by atoms with van der Waals surface area (Å²) < 4.78 is 33.2. The van der Waals surface area contributed by atoms with Crippen molar-refractivity contribution in [2.24, 2.45) is 5.92 Å². The van der Waals surface area contributed by atoms with E-state index in [9.17, 15) is 8.42 Å². The maximum absolute atomic E-state index is 12.0. The maximum Gasteiger partial charge on any atom is 0.279 e. The van der Waals surface area contributed by atoms with Gasteiger partial charge in [0.2, 0.25) is 0 Å². The molecule has 1 atom stereocenters. The predicted octanol–water partition coefficient (Wildman–Crippen LogP) is 1.35. The third-order valence-electron chi connectivity index (χ3n) is 2.97. The van der Waals surface area contributed by atoms with E-state index in [-0.39, 0.29) is 6.54 Å². The van der Waals surface area contributed by atoms with Gasteiger partial charge >= 0.3 is 0 Å². The molecular weight excluding hydrogens is 240 g/mol. The topological polar surface area (TPSA) is 62.6 Å². The lowest BCUT2D eigenvalue weighted by atomic mass is 10.0. The molecule has 0 aromatic carbocycles. The molecule has 0 spiro atoms. The van der Waals surface area contributed by atoms with Gasteiger partial charge in [-0.2, -0.15) is 17.4 Å². The summed E-state index contributed by atoms with van der Waals surface area (Å²) in [6.45, 7) is 3.50. The molecule has 17 heavy (non-hydrogen) atoms. The molecule has 1 aliphatic heterocycles. The smallest absolute Gasteiger partial charge is 0.279 e. The van der Waals surface area contributed by atoms with Crippen LogP contribution >= 0.6 is 0 Å². The van der Waals surface area contributed by atoms with E-state index in [0.717, 1.165) is 12.8 Å². The molecule has 1 saturated heterocycles. The van der Waals surface area contributed by atoms with E-state index in [1.165, 1.54) is 10.6 Å². The molecule has 1 aromatic rings. The van der Waals surface area contributed by atoms with Crippen molar-refractivity contribution < 1.29 is 12.8 Å². The van der Waals surface area contributed by atoms with Gasteiger partial charge in [0, 0.05) is 13.1 Å². The number of nitrogens with zero attached hydrogens (tertiary/aromatic N) is 1. The molecule has 0 amide bonds. The lowest BCUT2D eigenvalue weighted by Gasteiger charge is -2.29. The summed E-state index contributed by atoms with van der Waals surface area (Å²) in [4.78, 5) is 0. The Hall–Kier alpha value is -0.850. The lowest BCUT2D eigenvalue weighted by molar-refractivity contribution is 0.277. The van der Waals surface area contributed by atoms with Crippen LogP contribution < -0.4 is 4.72 Å². The fourth-order valence-electron chi connectivity index (χ4n) is 2.03. The average Bonchev–Trinajstić information content (AvgIpc) is 2.79. The molecule has 0 saturated carbocycles. The summed E-state index contributed by atoms with van der Waals surface area (Å²) in [5, 5.41) is 0. The molecule has 0 aliphatic carbocycles. The van der Waals surface area contributed by atoms with Crippen LogP contribution in [0.4, 0.5) is 0 Å². The van der Waals surface area contributed by atoms with Crippen molar-refractivity contribution in [3.8, 4) is 0 Å². The Bertz CT molecular complexity index is 441. The molecule has 6 heteroatoms. The van der Waals surface area contributed by atoms with Gasteiger partial charge in [-0.15, -0.1) is 0 Å². The first-order chi connectivity index (χ1) is 8.08. The van der Waals surface area contributed by atoms with Crippen LogP contribution in [0.2, 0.25) is 0 Å². The van der Waals surface area contributed by atoms with Crippen LogP contribution in [-0.4, -0.2) is 25.8 Å². The minimum atomic E-state index is -3.37. The Morgan fingerprint density at radius 2 is 2.41 bits per heavy atom. The lowest BCUT2D eigenvalue weighted by Crippen LogP contribution is -2.45. The second kappa shape index (κ2) is 5.20. The fraction of sp³-hybridized carbons (Fsp3) is 0.636. The summed E-state index contributed by atoms with van der Waals surface area (Å²) in [6, 6.07) is 3.49. The SMILES string of the molecule is C[C@@H]1CCCN(S(=O)(=O)NCc2ccco2)C1. The quantitative estimate of drug-likeness (QED) is 0.886. The minimum Gasteiger partial charge on any atom is -0.468 e. The molecule has 1 aromatic heterocycles. The Morgan fingerprint density at radius 3 is 3.06 bits per heavy atom. The van der Waals surface area contributed by atoms with E-state index in [1.54, 1.807) is 12.1 Å². The summed E-state index contributed by atoms with van der Waals surface area (Å²) in [6.07, 6.45) is 3.57. The van der Waals surface area contributed by atoms with E-state index in [0.29, 0.717) is 24.8 Å². The second-order valence-corrected chi connectivity index (χ2v) is 6.27. The summed E-state index contributed by atoms with van der Waals surface area (Å²) in [5.41, 5.74) is 0. The van der Waals surface area contributed by atoms with Gasteiger partial charge in [-0.05, 0) is 30.9 Å². The number of hydrogen-bond acceptors (Lipinski definition) is 3. The highest BCUT2D eigenvalue weighted by molar-refractivity contribution is 7.87. The van der Waals surface area contributed by atoms with E-state index < -0.39 is 10.2 Å². The van der Waals surface area contributed by atoms with Crippen LogP contribution in [-0.2, 0) is 16.8 Å². The van der Waals surface area contributed by atoms with Crippen molar-refractivity contribution in [2.75, 3.05) is 13.1 Å². The van der Waals surface area contributed by atoms with E-state index in [1.807, 2.05) is 0 Å². The Morgan fingerprint density at radius 1 is 1.59 bits per heavy atom. The third kappa shape index (κ3) is 3.31. The average molecular weight is 258 g/mol. The monoisotopic (exact) mass is 258 g/mol. The van der Waals surface area contributed by atoms with Gasteiger partial charge in [0.25, 0.3) is 10.2 Å². The molecule has 1 fully saturated rings. The number of hydrogen-bond donors (Lipinski definition) is 1.